The van der Waals surface area contributed by atoms with E-state index in [9.17, 15) is 9.59 Å². The summed E-state index contributed by atoms with van der Waals surface area (Å²) >= 11 is 0. The molecule has 0 unspecified atom stereocenters. The van der Waals surface area contributed by atoms with Crippen LogP contribution in [0.4, 0.5) is 0 Å². The normalized spacial score (nSPS) is 10.7. The lowest BCUT2D eigenvalue weighted by Gasteiger charge is -2.03. The molecule has 0 saturated heterocycles. The first-order valence-electron chi connectivity index (χ1n) is 15.1. The van der Waals surface area contributed by atoms with E-state index in [0.717, 1.165) is 44.8 Å². The molecule has 0 aliphatic rings. The lowest BCUT2D eigenvalue weighted by molar-refractivity contribution is 0.786. The maximum absolute atomic E-state index is 12.2. The molecule has 0 aliphatic carbocycles. The van der Waals surface area contributed by atoms with E-state index in [4.69, 9.17) is 0 Å². The molecule has 0 aliphatic heterocycles. The SMILES string of the molecule is O=c1cc(-c2ccc(-c3ccccc3)cc2)[nH]n1-c1ncccn1.O=c1cc(-c2ccc(-c3ccccc3)cc2)[nH]n1-c1ncccn1. The van der Waals surface area contributed by atoms with Gasteiger partial charge in [-0.15, -0.1) is 0 Å². The average Bonchev–Trinajstić information content (AvgIpc) is 3.76. The summed E-state index contributed by atoms with van der Waals surface area (Å²) in [6.45, 7) is 0. The quantitative estimate of drug-likeness (QED) is 0.214. The third-order valence-corrected chi connectivity index (χ3v) is 7.55. The van der Waals surface area contributed by atoms with Gasteiger partial charge in [-0.3, -0.25) is 19.8 Å². The predicted octanol–water partition coefficient (Wildman–Crippen LogP) is 6.58. The average molecular weight is 629 g/mol. The molecule has 4 aromatic heterocycles. The zero-order valence-electron chi connectivity index (χ0n) is 25.5. The van der Waals surface area contributed by atoms with Gasteiger partial charge in [0.2, 0.25) is 0 Å². The minimum Gasteiger partial charge on any atom is -0.288 e. The first-order chi connectivity index (χ1) is 23.6. The first-order valence-corrected chi connectivity index (χ1v) is 15.1. The fourth-order valence-electron chi connectivity index (χ4n) is 5.14. The molecule has 48 heavy (non-hydrogen) atoms. The fraction of sp³-hybridized carbons (Fsp3) is 0. The van der Waals surface area contributed by atoms with Gasteiger partial charge < -0.3 is 0 Å². The molecule has 0 spiro atoms. The molecule has 0 bridgehead atoms. The summed E-state index contributed by atoms with van der Waals surface area (Å²) in [5.41, 5.74) is 7.52. The third-order valence-electron chi connectivity index (χ3n) is 7.55. The molecule has 0 radical (unpaired) electrons. The first kappa shape index (κ1) is 29.8. The fourth-order valence-corrected chi connectivity index (χ4v) is 5.14. The van der Waals surface area contributed by atoms with Crippen molar-refractivity contribution in [2.45, 2.75) is 0 Å². The Morgan fingerprint density at radius 1 is 0.375 bits per heavy atom. The van der Waals surface area contributed by atoms with Gasteiger partial charge in [-0.05, 0) is 45.5 Å². The molecule has 4 aromatic carbocycles. The zero-order valence-corrected chi connectivity index (χ0v) is 25.5. The molecule has 0 saturated carbocycles. The van der Waals surface area contributed by atoms with Gasteiger partial charge in [0.15, 0.2) is 0 Å². The molecule has 10 heteroatoms. The summed E-state index contributed by atoms with van der Waals surface area (Å²) in [7, 11) is 0. The smallest absolute Gasteiger partial charge is 0.274 e. The summed E-state index contributed by atoms with van der Waals surface area (Å²) in [6, 6.07) is 43.0. The molecule has 0 atom stereocenters. The summed E-state index contributed by atoms with van der Waals surface area (Å²) in [5, 5.41) is 6.10. The summed E-state index contributed by atoms with van der Waals surface area (Å²) in [5.74, 6) is 0.657. The molecule has 10 nitrogen and oxygen atoms in total. The van der Waals surface area contributed by atoms with Crippen LogP contribution in [0.3, 0.4) is 0 Å². The Morgan fingerprint density at radius 3 is 1.04 bits per heavy atom. The summed E-state index contributed by atoms with van der Waals surface area (Å²) in [6.07, 6.45) is 6.40. The predicted molar refractivity (Wildman–Crippen MR) is 186 cm³/mol. The molecule has 4 heterocycles. The maximum atomic E-state index is 12.2. The maximum Gasteiger partial charge on any atom is 0.274 e. The molecule has 8 rings (SSSR count). The Morgan fingerprint density at radius 2 is 0.688 bits per heavy atom. The highest BCUT2D eigenvalue weighted by Gasteiger charge is 2.10. The van der Waals surface area contributed by atoms with E-state index in [1.165, 1.54) is 9.36 Å². The number of aromatic amines is 2. The summed E-state index contributed by atoms with van der Waals surface area (Å²) < 4.78 is 2.67. The van der Waals surface area contributed by atoms with Crippen LogP contribution >= 0.6 is 0 Å². The lowest BCUT2D eigenvalue weighted by atomic mass is 10.0. The van der Waals surface area contributed by atoms with E-state index >= 15 is 0 Å². The van der Waals surface area contributed by atoms with Crippen LogP contribution in [0.25, 0.3) is 56.7 Å². The number of nitrogens with one attached hydrogen (secondary N) is 2. The van der Waals surface area contributed by atoms with Gasteiger partial charge in [0.05, 0.1) is 11.4 Å². The largest absolute Gasteiger partial charge is 0.288 e. The molecular formula is C38H28N8O2. The molecule has 8 aromatic rings. The number of aromatic nitrogens is 8. The molecule has 232 valence electrons. The number of hydrogen-bond acceptors (Lipinski definition) is 6. The Bertz CT molecular complexity index is 2180. The Hall–Kier alpha value is -6.94. The second-order valence-corrected chi connectivity index (χ2v) is 10.7. The molecule has 0 amide bonds. The highest BCUT2D eigenvalue weighted by molar-refractivity contribution is 5.69. The van der Waals surface area contributed by atoms with Crippen LogP contribution in [-0.2, 0) is 0 Å². The van der Waals surface area contributed by atoms with Crippen LogP contribution in [0.2, 0.25) is 0 Å². The van der Waals surface area contributed by atoms with Crippen LogP contribution in [-0.4, -0.2) is 39.5 Å². The van der Waals surface area contributed by atoms with Gasteiger partial charge in [-0.2, -0.15) is 9.36 Å². The van der Waals surface area contributed by atoms with Crippen molar-refractivity contribution in [1.29, 1.82) is 0 Å². The van der Waals surface area contributed by atoms with E-state index in [1.807, 2.05) is 84.9 Å². The van der Waals surface area contributed by atoms with Gasteiger partial charge in [-0.25, -0.2) is 19.9 Å². The van der Waals surface area contributed by atoms with Crippen molar-refractivity contribution in [3.05, 3.63) is 179 Å². The number of H-pyrrole nitrogens is 2. The Balaban J connectivity index is 0.000000152. The number of nitrogens with zero attached hydrogens (tertiary/aromatic N) is 6. The van der Waals surface area contributed by atoms with Crippen molar-refractivity contribution >= 4 is 0 Å². The van der Waals surface area contributed by atoms with E-state index in [1.54, 1.807) is 49.1 Å². The topological polar surface area (TPSA) is 127 Å². The van der Waals surface area contributed by atoms with Crippen molar-refractivity contribution < 1.29 is 0 Å². The van der Waals surface area contributed by atoms with Gasteiger partial charge in [0.25, 0.3) is 23.0 Å². The minimum atomic E-state index is -0.191. The van der Waals surface area contributed by atoms with Gasteiger partial charge in [-0.1, -0.05) is 109 Å². The van der Waals surface area contributed by atoms with Gasteiger partial charge in [0, 0.05) is 36.9 Å². The van der Waals surface area contributed by atoms with Crippen LogP contribution < -0.4 is 11.1 Å². The van der Waals surface area contributed by atoms with Crippen molar-refractivity contribution in [3.63, 3.8) is 0 Å². The number of benzene rings is 4. The van der Waals surface area contributed by atoms with E-state index in [-0.39, 0.29) is 11.1 Å². The monoisotopic (exact) mass is 628 g/mol. The zero-order chi connectivity index (χ0) is 32.7. The molecule has 2 N–H and O–H groups in total. The molecule has 0 fully saturated rings. The second kappa shape index (κ2) is 13.6. The minimum absolute atomic E-state index is 0.191. The van der Waals surface area contributed by atoms with Crippen molar-refractivity contribution in [2.24, 2.45) is 0 Å². The van der Waals surface area contributed by atoms with Crippen molar-refractivity contribution in [3.8, 4) is 56.7 Å². The van der Waals surface area contributed by atoms with Crippen LogP contribution in [0.15, 0.2) is 168 Å². The number of hydrogen-bond donors (Lipinski definition) is 2. The van der Waals surface area contributed by atoms with Crippen LogP contribution in [0.1, 0.15) is 0 Å². The van der Waals surface area contributed by atoms with E-state index < -0.39 is 0 Å². The van der Waals surface area contributed by atoms with Crippen molar-refractivity contribution in [2.75, 3.05) is 0 Å². The van der Waals surface area contributed by atoms with Crippen LogP contribution in [0.5, 0.6) is 0 Å². The second-order valence-electron chi connectivity index (χ2n) is 10.7. The van der Waals surface area contributed by atoms with Crippen molar-refractivity contribution in [1.82, 2.24) is 39.5 Å². The van der Waals surface area contributed by atoms with Gasteiger partial charge >= 0.3 is 0 Å². The van der Waals surface area contributed by atoms with Gasteiger partial charge in [0.1, 0.15) is 0 Å². The van der Waals surface area contributed by atoms with E-state index in [0.29, 0.717) is 11.9 Å². The summed E-state index contributed by atoms with van der Waals surface area (Å²) in [4.78, 5) is 40.7. The number of rotatable bonds is 6. The lowest BCUT2D eigenvalue weighted by Crippen LogP contribution is -2.15. The standard InChI is InChI=1S/2C19H14N4O/c2*24-18-13-17(22-23(18)19-20-11-4-12-21-19)16-9-7-15(8-10-16)14-5-2-1-3-6-14/h2*1-13,22H. The third kappa shape index (κ3) is 6.53. The highest BCUT2D eigenvalue weighted by Crippen LogP contribution is 2.24. The highest BCUT2D eigenvalue weighted by atomic mass is 16.1. The van der Waals surface area contributed by atoms with E-state index in [2.05, 4.69) is 54.4 Å². The Kier molecular flexibility index (Phi) is 8.42. The molecular weight excluding hydrogens is 600 g/mol. The van der Waals surface area contributed by atoms with Crippen LogP contribution in [0, 0.1) is 0 Å². The Labute approximate surface area is 274 Å².